The van der Waals surface area contributed by atoms with Crippen LogP contribution in [0.25, 0.3) is 0 Å². The number of aliphatic hydroxyl groups is 1. The van der Waals surface area contributed by atoms with E-state index in [9.17, 15) is 5.11 Å². The lowest BCUT2D eigenvalue weighted by atomic mass is 9.84. The molecule has 0 aliphatic rings. The summed E-state index contributed by atoms with van der Waals surface area (Å²) < 4.78 is 0. The molecule has 1 aromatic rings. The summed E-state index contributed by atoms with van der Waals surface area (Å²) in [4.78, 5) is 0. The fourth-order valence-corrected chi connectivity index (χ4v) is 2.46. The highest BCUT2D eigenvalue weighted by Gasteiger charge is 2.25. The second-order valence-electron chi connectivity index (χ2n) is 7.14. The summed E-state index contributed by atoms with van der Waals surface area (Å²) in [5.74, 6) is 0.573. The Morgan fingerprint density at radius 1 is 1.00 bits per heavy atom. The van der Waals surface area contributed by atoms with Crippen molar-refractivity contribution in [2.45, 2.75) is 66.0 Å². The van der Waals surface area contributed by atoms with E-state index in [0.29, 0.717) is 18.0 Å². The minimum absolute atomic E-state index is 0.148. The van der Waals surface area contributed by atoms with Gasteiger partial charge in [-0.1, -0.05) is 58.9 Å². The predicted molar refractivity (Wildman–Crippen MR) is 87.0 cm³/mol. The van der Waals surface area contributed by atoms with Crippen LogP contribution in [0.5, 0.6) is 0 Å². The average molecular weight is 277 g/mol. The van der Waals surface area contributed by atoms with Gasteiger partial charge in [0.1, 0.15) is 0 Å². The molecule has 114 valence electrons. The van der Waals surface area contributed by atoms with Crippen molar-refractivity contribution in [1.82, 2.24) is 5.32 Å². The first-order valence-corrected chi connectivity index (χ1v) is 7.72. The molecule has 20 heavy (non-hydrogen) atoms. The molecule has 2 unspecified atom stereocenters. The van der Waals surface area contributed by atoms with Crippen molar-refractivity contribution >= 4 is 0 Å². The highest BCUT2D eigenvalue weighted by Crippen LogP contribution is 2.25. The molecule has 0 aliphatic heterocycles. The molecule has 2 atom stereocenters. The fourth-order valence-electron chi connectivity index (χ4n) is 2.46. The molecule has 1 aromatic carbocycles. The lowest BCUT2D eigenvalue weighted by Gasteiger charge is -2.34. The van der Waals surface area contributed by atoms with Crippen LogP contribution in [0.1, 0.15) is 71.0 Å². The molecular weight excluding hydrogens is 246 g/mol. The van der Waals surface area contributed by atoms with Gasteiger partial charge in [0, 0.05) is 18.7 Å². The number of hydrogen-bond acceptors (Lipinski definition) is 2. The molecule has 0 heterocycles. The van der Waals surface area contributed by atoms with Gasteiger partial charge >= 0.3 is 0 Å². The van der Waals surface area contributed by atoms with Gasteiger partial charge in [0.05, 0.1) is 0 Å². The molecule has 0 amide bonds. The van der Waals surface area contributed by atoms with Crippen LogP contribution < -0.4 is 5.32 Å². The molecule has 1 rings (SSSR count). The van der Waals surface area contributed by atoms with Crippen molar-refractivity contribution < 1.29 is 5.11 Å². The molecule has 0 aromatic heterocycles. The minimum atomic E-state index is 0.148. The largest absolute Gasteiger partial charge is 0.396 e. The molecule has 2 nitrogen and oxygen atoms in total. The Morgan fingerprint density at radius 3 is 1.90 bits per heavy atom. The van der Waals surface area contributed by atoms with E-state index in [0.717, 1.165) is 6.42 Å². The van der Waals surface area contributed by atoms with Crippen LogP contribution in [0.3, 0.4) is 0 Å². The highest BCUT2D eigenvalue weighted by atomic mass is 16.3. The molecule has 2 N–H and O–H groups in total. The van der Waals surface area contributed by atoms with E-state index < -0.39 is 0 Å². The maximum Gasteiger partial charge on any atom is 0.0446 e. The van der Waals surface area contributed by atoms with Gasteiger partial charge < -0.3 is 10.4 Å². The van der Waals surface area contributed by atoms with Gasteiger partial charge in [-0.25, -0.2) is 0 Å². The Kier molecular flexibility index (Phi) is 6.22. The SMILES string of the molecule is CC(C)c1ccc(C(C)NC(CCO)C(C)(C)C)cc1. The van der Waals surface area contributed by atoms with Gasteiger partial charge in [-0.15, -0.1) is 0 Å². The summed E-state index contributed by atoms with van der Waals surface area (Å²) >= 11 is 0. The number of aliphatic hydroxyl groups excluding tert-OH is 1. The molecule has 0 radical (unpaired) electrons. The number of hydrogen-bond donors (Lipinski definition) is 2. The van der Waals surface area contributed by atoms with Crippen LogP contribution in [0, 0.1) is 5.41 Å². The Hall–Kier alpha value is -0.860. The van der Waals surface area contributed by atoms with Gasteiger partial charge in [-0.3, -0.25) is 0 Å². The molecule has 0 aliphatic carbocycles. The van der Waals surface area contributed by atoms with Crippen LogP contribution >= 0.6 is 0 Å². The van der Waals surface area contributed by atoms with E-state index in [1.165, 1.54) is 11.1 Å². The van der Waals surface area contributed by atoms with Gasteiger partial charge in [0.15, 0.2) is 0 Å². The third-order valence-corrected chi connectivity index (χ3v) is 4.02. The first-order chi connectivity index (χ1) is 9.25. The zero-order chi connectivity index (χ0) is 15.3. The standard InChI is InChI=1S/C18H31NO/c1-13(2)15-7-9-16(10-8-15)14(3)19-17(11-12-20)18(4,5)6/h7-10,13-14,17,19-20H,11-12H2,1-6H3. The van der Waals surface area contributed by atoms with Gasteiger partial charge in [0.25, 0.3) is 0 Å². The minimum Gasteiger partial charge on any atom is -0.396 e. The molecular formula is C18H31NO. The molecule has 0 saturated carbocycles. The van der Waals surface area contributed by atoms with Crippen LogP contribution in [-0.2, 0) is 0 Å². The Morgan fingerprint density at radius 2 is 1.50 bits per heavy atom. The van der Waals surface area contributed by atoms with E-state index in [2.05, 4.69) is 71.1 Å². The van der Waals surface area contributed by atoms with Crippen molar-refractivity contribution in [3.05, 3.63) is 35.4 Å². The summed E-state index contributed by atoms with van der Waals surface area (Å²) in [6.45, 7) is 13.5. The Labute approximate surface area is 124 Å². The quantitative estimate of drug-likeness (QED) is 0.814. The van der Waals surface area contributed by atoms with Gasteiger partial charge in [0.2, 0.25) is 0 Å². The Bertz CT molecular complexity index is 389. The number of nitrogens with one attached hydrogen (secondary N) is 1. The molecule has 0 bridgehead atoms. The predicted octanol–water partition coefficient (Wildman–Crippen LogP) is 4.26. The van der Waals surface area contributed by atoms with Gasteiger partial charge in [-0.05, 0) is 35.8 Å². The molecule has 0 spiro atoms. The Balaban J connectivity index is 2.75. The second-order valence-corrected chi connectivity index (χ2v) is 7.14. The van der Waals surface area contributed by atoms with E-state index in [1.54, 1.807) is 0 Å². The first-order valence-electron chi connectivity index (χ1n) is 7.72. The monoisotopic (exact) mass is 277 g/mol. The van der Waals surface area contributed by atoms with Crippen molar-refractivity contribution in [2.24, 2.45) is 5.41 Å². The maximum atomic E-state index is 9.24. The summed E-state index contributed by atoms with van der Waals surface area (Å²) in [5.41, 5.74) is 2.83. The fraction of sp³-hybridized carbons (Fsp3) is 0.667. The number of benzene rings is 1. The summed E-state index contributed by atoms with van der Waals surface area (Å²) in [7, 11) is 0. The lowest BCUT2D eigenvalue weighted by Crippen LogP contribution is -2.42. The molecule has 2 heteroatoms. The average Bonchev–Trinajstić information content (AvgIpc) is 2.37. The van der Waals surface area contributed by atoms with Crippen LogP contribution in [0.2, 0.25) is 0 Å². The third kappa shape index (κ3) is 4.92. The normalized spacial score (nSPS) is 15.4. The van der Waals surface area contributed by atoms with E-state index >= 15 is 0 Å². The molecule has 0 fully saturated rings. The van der Waals surface area contributed by atoms with Crippen molar-refractivity contribution in [1.29, 1.82) is 0 Å². The first kappa shape index (κ1) is 17.2. The summed E-state index contributed by atoms with van der Waals surface area (Å²) in [6, 6.07) is 9.48. The highest BCUT2D eigenvalue weighted by molar-refractivity contribution is 5.26. The van der Waals surface area contributed by atoms with Crippen LogP contribution in [-0.4, -0.2) is 17.8 Å². The molecule has 0 saturated heterocycles. The van der Waals surface area contributed by atoms with Crippen molar-refractivity contribution in [2.75, 3.05) is 6.61 Å². The van der Waals surface area contributed by atoms with E-state index in [4.69, 9.17) is 0 Å². The second kappa shape index (κ2) is 7.24. The van der Waals surface area contributed by atoms with Gasteiger partial charge in [-0.2, -0.15) is 0 Å². The van der Waals surface area contributed by atoms with Crippen molar-refractivity contribution in [3.8, 4) is 0 Å². The zero-order valence-corrected chi connectivity index (χ0v) is 13.9. The van der Waals surface area contributed by atoms with E-state index in [-0.39, 0.29) is 12.0 Å². The number of rotatable bonds is 6. The summed E-state index contributed by atoms with van der Waals surface area (Å²) in [6.07, 6.45) is 0.790. The maximum absolute atomic E-state index is 9.24. The van der Waals surface area contributed by atoms with Crippen molar-refractivity contribution in [3.63, 3.8) is 0 Å². The van der Waals surface area contributed by atoms with E-state index in [1.807, 2.05) is 0 Å². The zero-order valence-electron chi connectivity index (χ0n) is 13.9. The lowest BCUT2D eigenvalue weighted by molar-refractivity contribution is 0.188. The smallest absolute Gasteiger partial charge is 0.0446 e. The van der Waals surface area contributed by atoms with Crippen LogP contribution in [0.15, 0.2) is 24.3 Å². The topological polar surface area (TPSA) is 32.3 Å². The summed E-state index contributed by atoms with van der Waals surface area (Å²) in [5, 5.41) is 12.9. The van der Waals surface area contributed by atoms with Crippen LogP contribution in [0.4, 0.5) is 0 Å². The third-order valence-electron chi connectivity index (χ3n) is 4.02.